The molecule has 0 aromatic carbocycles. The first-order valence-corrected chi connectivity index (χ1v) is 40.6. The van der Waals surface area contributed by atoms with Gasteiger partial charge in [-0.2, -0.15) is 0 Å². The maximum atomic E-state index is 13.7. The summed E-state index contributed by atoms with van der Waals surface area (Å²) in [6.07, 6.45) is 70.4. The molecule has 90 heavy (non-hydrogen) atoms. The molecule has 3 fully saturated rings. The van der Waals surface area contributed by atoms with Crippen LogP contribution in [0.1, 0.15) is 426 Å². The Balaban J connectivity index is 1.44. The van der Waals surface area contributed by atoms with E-state index in [0.29, 0.717) is 37.5 Å². The molecule has 3 aliphatic carbocycles. The average molecular weight is 1270 g/mol. The van der Waals surface area contributed by atoms with Gasteiger partial charge in [-0.3, -0.25) is 19.2 Å². The van der Waals surface area contributed by atoms with Gasteiger partial charge < -0.3 is 31.5 Å². The van der Waals surface area contributed by atoms with Crippen molar-refractivity contribution in [3.05, 3.63) is 0 Å². The van der Waals surface area contributed by atoms with Crippen LogP contribution in [-0.4, -0.2) is 70.2 Å². The van der Waals surface area contributed by atoms with Crippen molar-refractivity contribution in [1.29, 1.82) is 0 Å². The Morgan fingerprint density at radius 2 is 0.467 bits per heavy atom. The van der Waals surface area contributed by atoms with E-state index in [0.717, 1.165) is 166 Å². The standard InChI is InChI=1S/C80H152N4O6/c1-5-9-13-17-27-33-49-67-65-69(51-41-47-63-79(89)83-75-59-45-43-57-73(75)81-77(87)61-39-31-25-21-19-23-29-37-55-71(85)53-35-15-11-7-3)70(66-68(67)50-34-28-18-14-10-6-2)52-42-48-64-80(90)84-76-60-46-44-58-74(76)82-78(88)62-40-32-26-22-20-24-30-38-56-72(86)54-36-16-12-8-4/h67-76,85-86H,5-66H2,1-4H3,(H,81,87)(H,82,88)(H,83,89)(H,84,90)/t67?,68?,69?,70?,71?,72?,73-,74+,75-,76+. The minimum Gasteiger partial charge on any atom is -0.393 e. The van der Waals surface area contributed by atoms with Gasteiger partial charge >= 0.3 is 0 Å². The molecule has 0 radical (unpaired) electrons. The van der Waals surface area contributed by atoms with Crippen molar-refractivity contribution in [1.82, 2.24) is 21.3 Å². The fraction of sp³-hybridized carbons (Fsp3) is 0.950. The molecule has 0 heterocycles. The summed E-state index contributed by atoms with van der Waals surface area (Å²) in [6, 6.07) is 0.110. The SMILES string of the molecule is CCCCCCCCC1CC(CCCCC(=O)N[C@H]2CCCC[C@@H]2NC(=O)CCCCCCCCCCC(O)CCCCCC)C(CCCCC(=O)N[C@@H]2CCCC[C@H]2NC(=O)CCCCCCCCCCC(O)CCCCCC)CC1CCCCCCCC. The highest BCUT2D eigenvalue weighted by molar-refractivity contribution is 5.78. The number of rotatable bonds is 60. The molecule has 3 rings (SSSR count). The van der Waals surface area contributed by atoms with Gasteiger partial charge in [0.25, 0.3) is 0 Å². The summed E-state index contributed by atoms with van der Waals surface area (Å²) in [5.41, 5.74) is 0. The first kappa shape index (κ1) is 82.0. The highest BCUT2D eigenvalue weighted by Crippen LogP contribution is 2.47. The lowest BCUT2D eigenvalue weighted by molar-refractivity contribution is -0.125. The van der Waals surface area contributed by atoms with Gasteiger partial charge in [0, 0.05) is 49.9 Å². The van der Waals surface area contributed by atoms with Crippen molar-refractivity contribution in [3.8, 4) is 0 Å². The van der Waals surface area contributed by atoms with E-state index in [2.05, 4.69) is 49.0 Å². The molecule has 10 heteroatoms. The molecule has 6 unspecified atom stereocenters. The minimum absolute atomic E-state index is 0.0248. The highest BCUT2D eigenvalue weighted by atomic mass is 16.3. The molecular weight excluding hydrogens is 1110 g/mol. The number of unbranched alkanes of at least 4 members (excludes halogenated alkanes) is 32. The van der Waals surface area contributed by atoms with Crippen molar-refractivity contribution in [3.63, 3.8) is 0 Å². The van der Waals surface area contributed by atoms with Crippen LogP contribution < -0.4 is 21.3 Å². The number of hydrogen-bond acceptors (Lipinski definition) is 6. The van der Waals surface area contributed by atoms with Gasteiger partial charge in [-0.25, -0.2) is 0 Å². The summed E-state index contributed by atoms with van der Waals surface area (Å²) in [5, 5.41) is 34.1. The lowest BCUT2D eigenvalue weighted by Crippen LogP contribution is -2.53. The largest absolute Gasteiger partial charge is 0.393 e. The normalized spacial score (nSPS) is 21.8. The van der Waals surface area contributed by atoms with Gasteiger partial charge in [-0.05, 0) is 114 Å². The summed E-state index contributed by atoms with van der Waals surface area (Å²) >= 11 is 0. The topological polar surface area (TPSA) is 157 Å². The third-order valence-electron chi connectivity index (χ3n) is 21.9. The van der Waals surface area contributed by atoms with Crippen molar-refractivity contribution >= 4 is 23.6 Å². The molecule has 4 amide bonds. The average Bonchev–Trinajstić information content (AvgIpc) is 2.38. The molecule has 0 aliphatic heterocycles. The van der Waals surface area contributed by atoms with Gasteiger partial charge in [0.2, 0.25) is 23.6 Å². The Hall–Kier alpha value is -2.20. The van der Waals surface area contributed by atoms with Crippen LogP contribution in [0.3, 0.4) is 0 Å². The van der Waals surface area contributed by atoms with Crippen molar-refractivity contribution < 1.29 is 29.4 Å². The van der Waals surface area contributed by atoms with Crippen LogP contribution in [0.25, 0.3) is 0 Å². The third-order valence-corrected chi connectivity index (χ3v) is 21.9. The lowest BCUT2D eigenvalue weighted by Gasteiger charge is -2.42. The van der Waals surface area contributed by atoms with Crippen LogP contribution in [0.2, 0.25) is 0 Å². The number of carbonyl (C=O) groups excluding carboxylic acids is 4. The van der Waals surface area contributed by atoms with Gasteiger partial charge in [0.1, 0.15) is 0 Å². The van der Waals surface area contributed by atoms with Gasteiger partial charge in [0.15, 0.2) is 0 Å². The van der Waals surface area contributed by atoms with Gasteiger partial charge in [-0.1, -0.05) is 310 Å². The molecule has 0 bridgehead atoms. The van der Waals surface area contributed by atoms with Crippen LogP contribution in [0.15, 0.2) is 0 Å². The van der Waals surface area contributed by atoms with Crippen LogP contribution in [0.4, 0.5) is 0 Å². The molecule has 0 saturated heterocycles. The van der Waals surface area contributed by atoms with E-state index in [1.807, 2.05) is 0 Å². The van der Waals surface area contributed by atoms with Gasteiger partial charge in [-0.15, -0.1) is 0 Å². The predicted octanol–water partition coefficient (Wildman–Crippen LogP) is 21.4. The molecule has 3 saturated carbocycles. The minimum atomic E-state index is -0.118. The van der Waals surface area contributed by atoms with Crippen molar-refractivity contribution in [2.24, 2.45) is 23.7 Å². The maximum absolute atomic E-state index is 13.7. The van der Waals surface area contributed by atoms with Crippen molar-refractivity contribution in [2.75, 3.05) is 0 Å². The van der Waals surface area contributed by atoms with E-state index in [1.54, 1.807) is 0 Å². The summed E-state index contributed by atoms with van der Waals surface area (Å²) < 4.78 is 0. The molecule has 528 valence electrons. The highest BCUT2D eigenvalue weighted by Gasteiger charge is 2.36. The first-order chi connectivity index (χ1) is 44.1. The number of aliphatic hydroxyl groups excluding tert-OH is 2. The predicted molar refractivity (Wildman–Crippen MR) is 383 cm³/mol. The molecule has 6 N–H and O–H groups in total. The number of carbonyl (C=O) groups is 4. The Morgan fingerprint density at radius 3 is 0.722 bits per heavy atom. The zero-order valence-corrected chi connectivity index (χ0v) is 60.1. The number of aliphatic hydroxyl groups is 2. The van der Waals surface area contributed by atoms with E-state index >= 15 is 0 Å². The van der Waals surface area contributed by atoms with Crippen molar-refractivity contribution in [2.45, 2.75) is 462 Å². The molecule has 0 aromatic heterocycles. The van der Waals surface area contributed by atoms with E-state index in [-0.39, 0.29) is 60.0 Å². The first-order valence-electron chi connectivity index (χ1n) is 40.6. The number of nitrogens with one attached hydrogen (secondary N) is 4. The fourth-order valence-corrected chi connectivity index (χ4v) is 16.1. The molecule has 0 spiro atoms. The molecule has 10 nitrogen and oxygen atoms in total. The fourth-order valence-electron chi connectivity index (χ4n) is 16.1. The van der Waals surface area contributed by atoms with E-state index in [1.165, 1.54) is 218 Å². The zero-order valence-electron chi connectivity index (χ0n) is 60.1. The smallest absolute Gasteiger partial charge is 0.220 e. The Morgan fingerprint density at radius 1 is 0.278 bits per heavy atom. The monoisotopic (exact) mass is 1270 g/mol. The summed E-state index contributed by atoms with van der Waals surface area (Å²) in [5.74, 6) is 3.58. The summed E-state index contributed by atoms with van der Waals surface area (Å²) in [6.45, 7) is 9.09. The van der Waals surface area contributed by atoms with Crippen LogP contribution in [-0.2, 0) is 19.2 Å². The Bertz CT molecular complexity index is 1580. The second-order valence-electron chi connectivity index (χ2n) is 30.1. The van der Waals surface area contributed by atoms with E-state index in [9.17, 15) is 29.4 Å². The summed E-state index contributed by atoms with van der Waals surface area (Å²) in [7, 11) is 0. The maximum Gasteiger partial charge on any atom is 0.220 e. The van der Waals surface area contributed by atoms with Crippen LogP contribution in [0.5, 0.6) is 0 Å². The van der Waals surface area contributed by atoms with Gasteiger partial charge in [0.05, 0.1) is 12.2 Å². The molecule has 10 atom stereocenters. The Labute approximate surface area is 557 Å². The molecule has 0 aromatic rings. The molecular formula is C80H152N4O6. The zero-order chi connectivity index (χ0) is 64.8. The van der Waals surface area contributed by atoms with Crippen LogP contribution >= 0.6 is 0 Å². The van der Waals surface area contributed by atoms with Crippen LogP contribution in [0, 0.1) is 23.7 Å². The second kappa shape index (κ2) is 57.1. The van der Waals surface area contributed by atoms with E-state index in [4.69, 9.17) is 0 Å². The number of amides is 4. The third kappa shape index (κ3) is 43.0. The second-order valence-corrected chi connectivity index (χ2v) is 30.1. The summed E-state index contributed by atoms with van der Waals surface area (Å²) in [4.78, 5) is 53.7. The molecule has 3 aliphatic rings. The van der Waals surface area contributed by atoms with E-state index < -0.39 is 0 Å². The number of hydrogen-bond donors (Lipinski definition) is 6. The lowest BCUT2D eigenvalue weighted by atomic mass is 9.63. The Kier molecular flexibility index (Phi) is 52.0. The quantitative estimate of drug-likeness (QED) is 0.0333.